The van der Waals surface area contributed by atoms with Crippen molar-refractivity contribution in [3.05, 3.63) is 83.2 Å². The Morgan fingerprint density at radius 1 is 1.14 bits per heavy atom. The number of hydrogen-bond donors (Lipinski definition) is 0. The first-order chi connectivity index (χ1) is 14.2. The van der Waals surface area contributed by atoms with E-state index in [4.69, 9.17) is 21.1 Å². The van der Waals surface area contributed by atoms with Crippen LogP contribution in [-0.4, -0.2) is 27.2 Å². The summed E-state index contributed by atoms with van der Waals surface area (Å²) in [6.07, 6.45) is 6.17. The first-order valence-corrected chi connectivity index (χ1v) is 10.2. The number of benzene rings is 2. The maximum atomic E-state index is 13.3. The van der Waals surface area contributed by atoms with E-state index in [1.54, 1.807) is 23.1 Å². The van der Waals surface area contributed by atoms with Crippen LogP contribution in [-0.2, 0) is 22.4 Å². The molecule has 0 N–H and O–H groups in total. The fourth-order valence-electron chi connectivity index (χ4n) is 3.57. The van der Waals surface area contributed by atoms with Gasteiger partial charge in [0.2, 0.25) is 0 Å². The molecule has 0 amide bonds. The molecular weight excluding hydrogens is 393 g/mol. The predicted octanol–water partition coefficient (Wildman–Crippen LogP) is 4.97. The van der Waals surface area contributed by atoms with Gasteiger partial charge in [-0.25, -0.2) is 9.37 Å². The minimum atomic E-state index is -0.307. The third-order valence-corrected chi connectivity index (χ3v) is 5.31. The second kappa shape index (κ2) is 9.48. The Morgan fingerprint density at radius 2 is 1.93 bits per heavy atom. The minimum Gasteiger partial charge on any atom is -0.347 e. The molecule has 0 bridgehead atoms. The van der Waals surface area contributed by atoms with E-state index >= 15 is 0 Å². The summed E-state index contributed by atoms with van der Waals surface area (Å²) in [4.78, 5) is 3.98. The number of nitrogens with zero attached hydrogens (tertiary/aromatic N) is 3. The fraction of sp³-hybridized carbons (Fsp3) is 0.364. The molecule has 0 spiro atoms. The summed E-state index contributed by atoms with van der Waals surface area (Å²) in [6.45, 7) is 0.656. The monoisotopic (exact) mass is 415 g/mol. The number of hydrogen-bond acceptors (Lipinski definition) is 4. The summed E-state index contributed by atoms with van der Waals surface area (Å²) >= 11 is 6.05. The van der Waals surface area contributed by atoms with Crippen LogP contribution in [0.15, 0.2) is 61.2 Å². The summed E-state index contributed by atoms with van der Waals surface area (Å²) in [6, 6.07) is 14.2. The van der Waals surface area contributed by atoms with Gasteiger partial charge in [-0.05, 0) is 54.7 Å². The van der Waals surface area contributed by atoms with Gasteiger partial charge < -0.3 is 9.47 Å². The van der Waals surface area contributed by atoms with Gasteiger partial charge in [0.15, 0.2) is 6.29 Å². The lowest BCUT2D eigenvalue weighted by atomic mass is 10.0. The van der Waals surface area contributed by atoms with Gasteiger partial charge in [-0.1, -0.05) is 35.9 Å². The highest BCUT2D eigenvalue weighted by Crippen LogP contribution is 2.30. The van der Waals surface area contributed by atoms with Crippen molar-refractivity contribution >= 4 is 11.6 Å². The van der Waals surface area contributed by atoms with E-state index < -0.39 is 0 Å². The van der Waals surface area contributed by atoms with Crippen molar-refractivity contribution in [2.24, 2.45) is 0 Å². The van der Waals surface area contributed by atoms with Crippen LogP contribution in [0.4, 0.5) is 4.39 Å². The molecule has 1 aromatic heterocycles. The van der Waals surface area contributed by atoms with Crippen molar-refractivity contribution in [3.63, 3.8) is 0 Å². The van der Waals surface area contributed by atoms with E-state index in [0.29, 0.717) is 18.0 Å². The normalized spacial score (nSPS) is 20.5. The molecule has 1 aliphatic heterocycles. The molecule has 3 aromatic rings. The SMILES string of the molecule is Fc1ccc(CC(OC2CCCC(Cn3cncn3)O2)c2ccc(Cl)cc2)cc1. The molecule has 2 aromatic carbocycles. The minimum absolute atomic E-state index is 0.0344. The Kier molecular flexibility index (Phi) is 6.54. The molecule has 1 saturated heterocycles. The molecule has 0 aliphatic carbocycles. The molecule has 3 atom stereocenters. The molecule has 3 unspecified atom stereocenters. The molecule has 0 saturated carbocycles. The van der Waals surface area contributed by atoms with E-state index in [1.807, 2.05) is 24.3 Å². The molecular formula is C22H23ClFN3O2. The Hall–Kier alpha value is -2.28. The third-order valence-electron chi connectivity index (χ3n) is 5.06. The number of ether oxygens (including phenoxy) is 2. The first-order valence-electron chi connectivity index (χ1n) is 9.79. The maximum absolute atomic E-state index is 13.3. The van der Waals surface area contributed by atoms with Crippen LogP contribution in [0.3, 0.4) is 0 Å². The summed E-state index contributed by atoms with van der Waals surface area (Å²) in [5.41, 5.74) is 2.02. The molecule has 4 rings (SSSR count). The Labute approximate surface area is 174 Å². The molecule has 152 valence electrons. The highest BCUT2D eigenvalue weighted by molar-refractivity contribution is 6.30. The summed E-state index contributed by atoms with van der Waals surface area (Å²) in [5.74, 6) is -0.246. The number of halogens is 2. The van der Waals surface area contributed by atoms with Gasteiger partial charge in [0.25, 0.3) is 0 Å². The van der Waals surface area contributed by atoms with Gasteiger partial charge in [0.1, 0.15) is 18.5 Å². The van der Waals surface area contributed by atoms with Crippen molar-refractivity contribution in [1.82, 2.24) is 14.8 Å². The van der Waals surface area contributed by atoms with Crippen LogP contribution in [0.5, 0.6) is 0 Å². The predicted molar refractivity (Wildman–Crippen MR) is 108 cm³/mol. The molecule has 29 heavy (non-hydrogen) atoms. The van der Waals surface area contributed by atoms with Gasteiger partial charge >= 0.3 is 0 Å². The highest BCUT2D eigenvalue weighted by atomic mass is 35.5. The zero-order valence-electron chi connectivity index (χ0n) is 16.0. The number of aromatic nitrogens is 3. The van der Waals surface area contributed by atoms with E-state index in [9.17, 15) is 4.39 Å². The lowest BCUT2D eigenvalue weighted by Crippen LogP contribution is -2.34. The van der Waals surface area contributed by atoms with Crippen molar-refractivity contribution in [2.75, 3.05) is 0 Å². The van der Waals surface area contributed by atoms with Gasteiger partial charge in [-0.15, -0.1) is 0 Å². The smallest absolute Gasteiger partial charge is 0.158 e. The second-order valence-corrected chi connectivity index (χ2v) is 7.68. The maximum Gasteiger partial charge on any atom is 0.158 e. The standard InChI is InChI=1S/C22H23ClFN3O2/c23-18-8-6-17(7-9-18)21(12-16-4-10-19(24)11-5-16)29-22-3-1-2-20(28-22)13-27-15-25-14-26-27/h4-11,14-15,20-22H,1-3,12-13H2. The van der Waals surface area contributed by atoms with Crippen LogP contribution in [0, 0.1) is 5.82 Å². The zero-order valence-corrected chi connectivity index (χ0v) is 16.7. The lowest BCUT2D eigenvalue weighted by molar-refractivity contribution is -0.219. The molecule has 1 fully saturated rings. The molecule has 1 aliphatic rings. The largest absolute Gasteiger partial charge is 0.347 e. The Balaban J connectivity index is 1.46. The van der Waals surface area contributed by atoms with Crippen LogP contribution in [0.2, 0.25) is 5.02 Å². The van der Waals surface area contributed by atoms with Crippen molar-refractivity contribution in [1.29, 1.82) is 0 Å². The molecule has 0 radical (unpaired) electrons. The van der Waals surface area contributed by atoms with Crippen LogP contribution >= 0.6 is 11.6 Å². The van der Waals surface area contributed by atoms with Gasteiger partial charge in [0.05, 0.1) is 18.8 Å². The molecule has 7 heteroatoms. The average molecular weight is 416 g/mol. The van der Waals surface area contributed by atoms with Crippen molar-refractivity contribution in [2.45, 2.75) is 50.7 Å². The van der Waals surface area contributed by atoms with Crippen LogP contribution in [0.1, 0.15) is 36.5 Å². The van der Waals surface area contributed by atoms with E-state index in [-0.39, 0.29) is 24.3 Å². The van der Waals surface area contributed by atoms with E-state index in [2.05, 4.69) is 10.1 Å². The molecule has 2 heterocycles. The lowest BCUT2D eigenvalue weighted by Gasteiger charge is -2.32. The van der Waals surface area contributed by atoms with E-state index in [0.717, 1.165) is 30.4 Å². The summed E-state index contributed by atoms with van der Waals surface area (Å²) in [5, 5.41) is 4.83. The first kappa shape index (κ1) is 20.0. The Bertz CT molecular complexity index is 887. The average Bonchev–Trinajstić information content (AvgIpc) is 3.23. The quantitative estimate of drug-likeness (QED) is 0.546. The number of rotatable bonds is 7. The summed E-state index contributed by atoms with van der Waals surface area (Å²) in [7, 11) is 0. The topological polar surface area (TPSA) is 49.2 Å². The van der Waals surface area contributed by atoms with E-state index in [1.165, 1.54) is 18.5 Å². The fourth-order valence-corrected chi connectivity index (χ4v) is 3.70. The molecule has 5 nitrogen and oxygen atoms in total. The highest BCUT2D eigenvalue weighted by Gasteiger charge is 2.27. The zero-order chi connectivity index (χ0) is 20.1. The van der Waals surface area contributed by atoms with Gasteiger partial charge in [-0.2, -0.15) is 5.10 Å². The van der Waals surface area contributed by atoms with Crippen LogP contribution in [0.25, 0.3) is 0 Å². The van der Waals surface area contributed by atoms with Gasteiger partial charge in [-0.3, -0.25) is 4.68 Å². The second-order valence-electron chi connectivity index (χ2n) is 7.24. The van der Waals surface area contributed by atoms with Gasteiger partial charge in [0, 0.05) is 11.4 Å². The summed E-state index contributed by atoms with van der Waals surface area (Å²) < 4.78 is 27.7. The Morgan fingerprint density at radius 3 is 2.66 bits per heavy atom. The van der Waals surface area contributed by atoms with Crippen molar-refractivity contribution < 1.29 is 13.9 Å². The van der Waals surface area contributed by atoms with Crippen LogP contribution < -0.4 is 0 Å². The third kappa shape index (κ3) is 5.63. The van der Waals surface area contributed by atoms with Crippen molar-refractivity contribution in [3.8, 4) is 0 Å².